The van der Waals surface area contributed by atoms with Gasteiger partial charge in [0.1, 0.15) is 0 Å². The molecule has 0 saturated heterocycles. The number of hydrogen-bond acceptors (Lipinski definition) is 2. The molecule has 0 aliphatic carbocycles. The average Bonchev–Trinajstić information content (AvgIpc) is 2.56. The fourth-order valence-electron chi connectivity index (χ4n) is 2.48. The Morgan fingerprint density at radius 1 is 1.04 bits per heavy atom. The molecule has 5 nitrogen and oxygen atoms in total. The van der Waals surface area contributed by atoms with Gasteiger partial charge in [0.15, 0.2) is 5.96 Å². The van der Waals surface area contributed by atoms with E-state index < -0.39 is 0 Å². The van der Waals surface area contributed by atoms with Gasteiger partial charge in [-0.15, -0.1) is 0 Å². The van der Waals surface area contributed by atoms with Gasteiger partial charge in [-0.3, -0.25) is 9.79 Å². The molecule has 1 aromatic carbocycles. The highest BCUT2D eigenvalue weighted by Gasteiger charge is 2.04. The summed E-state index contributed by atoms with van der Waals surface area (Å²) in [5.41, 5.74) is 2.74. The van der Waals surface area contributed by atoms with Crippen molar-refractivity contribution in [3.8, 4) is 0 Å². The van der Waals surface area contributed by atoms with Crippen molar-refractivity contribution in [2.45, 2.75) is 58.9 Å². The van der Waals surface area contributed by atoms with Gasteiger partial charge in [-0.2, -0.15) is 0 Å². The molecule has 0 aliphatic heterocycles. The molecule has 3 N–H and O–H groups in total. The predicted octanol–water partition coefficient (Wildman–Crippen LogP) is 2.82. The Hall–Kier alpha value is -2.04. The number of aryl methyl sites for hydroxylation is 1. The van der Waals surface area contributed by atoms with E-state index in [1.807, 2.05) is 13.8 Å². The van der Waals surface area contributed by atoms with Crippen LogP contribution >= 0.6 is 0 Å². The molecule has 0 radical (unpaired) electrons. The minimum absolute atomic E-state index is 0.0581. The number of carbonyl (C=O) groups excluding carboxylic acids is 1. The first-order valence-electron chi connectivity index (χ1n) is 9.25. The van der Waals surface area contributed by atoms with Crippen LogP contribution in [-0.4, -0.2) is 38.0 Å². The van der Waals surface area contributed by atoms with Gasteiger partial charge in [0.05, 0.1) is 0 Å². The molecule has 0 aromatic heterocycles. The molecule has 0 bridgehead atoms. The number of nitrogens with one attached hydrogen (secondary N) is 3. The Balaban J connectivity index is 2.21. The third kappa shape index (κ3) is 9.13. The molecule has 0 spiro atoms. The minimum Gasteiger partial charge on any atom is -0.356 e. The third-order valence-corrected chi connectivity index (χ3v) is 3.90. The Labute approximate surface area is 152 Å². The lowest BCUT2D eigenvalue weighted by molar-refractivity contribution is -0.121. The summed E-state index contributed by atoms with van der Waals surface area (Å²) in [6.07, 6.45) is 2.52. The van der Waals surface area contributed by atoms with Gasteiger partial charge < -0.3 is 16.0 Å². The molecular weight excluding hydrogens is 312 g/mol. The van der Waals surface area contributed by atoms with Crippen molar-refractivity contribution in [1.82, 2.24) is 16.0 Å². The van der Waals surface area contributed by atoms with Crippen LogP contribution in [0.25, 0.3) is 0 Å². The smallest absolute Gasteiger partial charge is 0.221 e. The number of amides is 1. The monoisotopic (exact) mass is 346 g/mol. The Morgan fingerprint density at radius 3 is 2.24 bits per heavy atom. The maximum absolute atomic E-state index is 11.6. The normalized spacial score (nSPS) is 11.7. The van der Waals surface area contributed by atoms with E-state index in [9.17, 15) is 4.79 Å². The summed E-state index contributed by atoms with van der Waals surface area (Å²) >= 11 is 0. The van der Waals surface area contributed by atoms with Gasteiger partial charge in [0.25, 0.3) is 0 Å². The highest BCUT2D eigenvalue weighted by Crippen LogP contribution is 2.15. The largest absolute Gasteiger partial charge is 0.356 e. The quantitative estimate of drug-likeness (QED) is 0.366. The van der Waals surface area contributed by atoms with Gasteiger partial charge in [-0.1, -0.05) is 38.1 Å². The number of carbonyl (C=O) groups is 1. The molecule has 0 aliphatic rings. The minimum atomic E-state index is 0.0581. The zero-order valence-electron chi connectivity index (χ0n) is 16.4. The molecule has 25 heavy (non-hydrogen) atoms. The van der Waals surface area contributed by atoms with Crippen molar-refractivity contribution in [3.05, 3.63) is 35.4 Å². The van der Waals surface area contributed by atoms with E-state index in [4.69, 9.17) is 0 Å². The van der Waals surface area contributed by atoms with E-state index in [-0.39, 0.29) is 11.9 Å². The maximum Gasteiger partial charge on any atom is 0.221 e. The predicted molar refractivity (Wildman–Crippen MR) is 106 cm³/mol. The second kappa shape index (κ2) is 11.5. The second-order valence-electron chi connectivity index (χ2n) is 6.90. The summed E-state index contributed by atoms with van der Waals surface area (Å²) in [5.74, 6) is 1.38. The van der Waals surface area contributed by atoms with Crippen molar-refractivity contribution in [2.24, 2.45) is 4.99 Å². The molecule has 0 atom stereocenters. The second-order valence-corrected chi connectivity index (χ2v) is 6.90. The highest BCUT2D eigenvalue weighted by atomic mass is 16.1. The van der Waals surface area contributed by atoms with Gasteiger partial charge >= 0.3 is 0 Å². The molecule has 0 saturated carbocycles. The first kappa shape index (κ1) is 21.0. The molecule has 0 heterocycles. The van der Waals surface area contributed by atoms with Gasteiger partial charge in [-0.05, 0) is 43.7 Å². The van der Waals surface area contributed by atoms with Crippen LogP contribution in [-0.2, 0) is 11.2 Å². The Bertz CT molecular complexity index is 535. The van der Waals surface area contributed by atoms with Gasteiger partial charge in [0.2, 0.25) is 5.91 Å². The van der Waals surface area contributed by atoms with Crippen LogP contribution in [0.4, 0.5) is 0 Å². The maximum atomic E-state index is 11.6. The summed E-state index contributed by atoms with van der Waals surface area (Å²) < 4.78 is 0. The molecule has 0 fully saturated rings. The van der Waals surface area contributed by atoms with Crippen molar-refractivity contribution in [3.63, 3.8) is 0 Å². The summed E-state index contributed by atoms with van der Waals surface area (Å²) in [7, 11) is 1.74. The first-order chi connectivity index (χ1) is 11.9. The van der Waals surface area contributed by atoms with Gasteiger partial charge in [-0.25, -0.2) is 0 Å². The Kier molecular flexibility index (Phi) is 9.66. The summed E-state index contributed by atoms with van der Waals surface area (Å²) in [6.45, 7) is 9.77. The number of rotatable bonds is 9. The fourth-order valence-corrected chi connectivity index (χ4v) is 2.48. The number of hydrogen-bond donors (Lipinski definition) is 3. The summed E-state index contributed by atoms with van der Waals surface area (Å²) in [4.78, 5) is 15.8. The lowest BCUT2D eigenvalue weighted by Gasteiger charge is -2.13. The van der Waals surface area contributed by atoms with E-state index in [1.165, 1.54) is 11.1 Å². The Morgan fingerprint density at radius 2 is 1.68 bits per heavy atom. The zero-order chi connectivity index (χ0) is 18.7. The van der Waals surface area contributed by atoms with Crippen molar-refractivity contribution >= 4 is 11.9 Å². The topological polar surface area (TPSA) is 65.5 Å². The molecule has 5 heteroatoms. The summed E-state index contributed by atoms with van der Waals surface area (Å²) in [5, 5.41) is 9.34. The van der Waals surface area contributed by atoms with E-state index >= 15 is 0 Å². The highest BCUT2D eigenvalue weighted by molar-refractivity contribution is 5.81. The van der Waals surface area contributed by atoms with Crippen molar-refractivity contribution in [1.29, 1.82) is 0 Å². The van der Waals surface area contributed by atoms with Gasteiger partial charge in [0, 0.05) is 32.6 Å². The van der Waals surface area contributed by atoms with Crippen LogP contribution in [0.3, 0.4) is 0 Å². The van der Waals surface area contributed by atoms with E-state index in [1.54, 1.807) is 7.05 Å². The number of aliphatic imine (C=N–C) groups is 1. The fraction of sp³-hybridized carbons (Fsp3) is 0.600. The van der Waals surface area contributed by atoms with Crippen LogP contribution in [0.5, 0.6) is 0 Å². The van der Waals surface area contributed by atoms with E-state index in [0.717, 1.165) is 25.3 Å². The van der Waals surface area contributed by atoms with Crippen LogP contribution in [0.15, 0.2) is 29.3 Å². The molecule has 1 rings (SSSR count). The van der Waals surface area contributed by atoms with Crippen LogP contribution in [0, 0.1) is 0 Å². The molecule has 1 aromatic rings. The van der Waals surface area contributed by atoms with Crippen LogP contribution < -0.4 is 16.0 Å². The number of nitrogens with zero attached hydrogens (tertiary/aromatic N) is 1. The van der Waals surface area contributed by atoms with Crippen LogP contribution in [0.1, 0.15) is 57.6 Å². The lowest BCUT2D eigenvalue weighted by Crippen LogP contribution is -2.40. The molecule has 1 amide bonds. The van der Waals surface area contributed by atoms with E-state index in [0.29, 0.717) is 18.9 Å². The first-order valence-corrected chi connectivity index (χ1v) is 9.25. The third-order valence-electron chi connectivity index (χ3n) is 3.90. The average molecular weight is 347 g/mol. The lowest BCUT2D eigenvalue weighted by atomic mass is 10.0. The molecule has 0 unspecified atom stereocenters. The van der Waals surface area contributed by atoms with E-state index in [2.05, 4.69) is 59.1 Å². The van der Waals surface area contributed by atoms with Crippen molar-refractivity contribution in [2.75, 3.05) is 20.1 Å². The number of benzene rings is 1. The molecule has 140 valence electrons. The van der Waals surface area contributed by atoms with Crippen molar-refractivity contribution < 1.29 is 4.79 Å². The standard InChI is InChI=1S/C20H34N4O/c1-15(2)18-10-8-17(9-11-18)7-6-13-22-20(21-5)23-14-12-19(25)24-16(3)4/h8-11,15-16H,6-7,12-14H2,1-5H3,(H,24,25)(H2,21,22,23). The van der Waals surface area contributed by atoms with Crippen LogP contribution in [0.2, 0.25) is 0 Å². The SMILES string of the molecule is CN=C(NCCCc1ccc(C(C)C)cc1)NCCC(=O)NC(C)C. The summed E-state index contributed by atoms with van der Waals surface area (Å²) in [6, 6.07) is 9.05. The number of guanidine groups is 1. The zero-order valence-corrected chi connectivity index (χ0v) is 16.4. The molecular formula is C20H34N4O.